The van der Waals surface area contributed by atoms with Gasteiger partial charge in [0.2, 0.25) is 11.8 Å². The van der Waals surface area contributed by atoms with Crippen LogP contribution in [0.4, 0.5) is 0 Å². The number of carbonyl (C=O) groups is 2. The molecule has 1 saturated heterocycles. The van der Waals surface area contributed by atoms with Gasteiger partial charge in [-0.25, -0.2) is 0 Å². The molecule has 0 radical (unpaired) electrons. The van der Waals surface area contributed by atoms with Gasteiger partial charge in [-0.1, -0.05) is 25.5 Å². The van der Waals surface area contributed by atoms with Crippen LogP contribution >= 0.6 is 0 Å². The molecule has 0 aromatic heterocycles. The van der Waals surface area contributed by atoms with E-state index in [1.54, 1.807) is 12.2 Å². The van der Waals surface area contributed by atoms with E-state index in [4.69, 9.17) is 0 Å². The van der Waals surface area contributed by atoms with Crippen LogP contribution in [0, 0.1) is 0 Å². The third-order valence-electron chi connectivity index (χ3n) is 3.91. The van der Waals surface area contributed by atoms with Crippen molar-refractivity contribution < 1.29 is 9.59 Å². The summed E-state index contributed by atoms with van der Waals surface area (Å²) in [4.78, 5) is 28.1. The summed E-state index contributed by atoms with van der Waals surface area (Å²) in [6, 6.07) is 0.315. The number of piperazine rings is 1. The van der Waals surface area contributed by atoms with E-state index < -0.39 is 0 Å². The average Bonchev–Trinajstić information content (AvgIpc) is 2.53. The molecule has 0 saturated carbocycles. The van der Waals surface area contributed by atoms with E-state index in [2.05, 4.69) is 40.5 Å². The molecule has 6 nitrogen and oxygen atoms in total. The molecule has 0 unspecified atom stereocenters. The highest BCUT2D eigenvalue weighted by atomic mass is 16.2. The normalized spacial score (nSPS) is 19.1. The Morgan fingerprint density at radius 2 is 1.70 bits per heavy atom. The molecular formula is C17H30N4O2. The van der Waals surface area contributed by atoms with Gasteiger partial charge in [0.05, 0.1) is 13.1 Å². The number of carbonyl (C=O) groups excluding carboxylic acids is 2. The largest absolute Gasteiger partial charge is 0.352 e. The number of rotatable bonds is 10. The number of hydrogen-bond donors (Lipinski definition) is 2. The topological polar surface area (TPSA) is 64.7 Å². The summed E-state index contributed by atoms with van der Waals surface area (Å²) < 4.78 is 0. The van der Waals surface area contributed by atoms with Gasteiger partial charge in [0, 0.05) is 38.8 Å². The standard InChI is InChI=1S/C17H30N4O2/c1-4-7-15-12-20(13-16(22)18-8-5-2)10-11-21(15)14-17(23)19-9-6-3/h5-6,15H,2-4,7-14H2,1H3,(H,18,22)(H,19,23)/t15-/m0/s1. The molecule has 130 valence electrons. The van der Waals surface area contributed by atoms with E-state index in [0.717, 1.165) is 32.5 Å². The number of nitrogens with zero attached hydrogens (tertiary/aromatic N) is 2. The monoisotopic (exact) mass is 322 g/mol. The molecule has 0 spiro atoms. The van der Waals surface area contributed by atoms with Crippen LogP contribution in [0.5, 0.6) is 0 Å². The molecule has 1 atom stereocenters. The van der Waals surface area contributed by atoms with Crippen molar-refractivity contribution in [2.45, 2.75) is 25.8 Å². The van der Waals surface area contributed by atoms with Crippen molar-refractivity contribution in [3.63, 3.8) is 0 Å². The summed E-state index contributed by atoms with van der Waals surface area (Å²) in [6.45, 7) is 13.6. The van der Waals surface area contributed by atoms with Crippen molar-refractivity contribution in [1.82, 2.24) is 20.4 Å². The van der Waals surface area contributed by atoms with E-state index in [9.17, 15) is 9.59 Å². The fraction of sp³-hybridized carbons (Fsp3) is 0.647. The van der Waals surface area contributed by atoms with Gasteiger partial charge < -0.3 is 10.6 Å². The Bertz CT molecular complexity index is 411. The first-order valence-corrected chi connectivity index (χ1v) is 8.32. The Labute approximate surface area is 139 Å². The lowest BCUT2D eigenvalue weighted by Crippen LogP contribution is -2.56. The van der Waals surface area contributed by atoms with Gasteiger partial charge >= 0.3 is 0 Å². The first-order chi connectivity index (χ1) is 11.1. The van der Waals surface area contributed by atoms with Crippen LogP contribution in [0.2, 0.25) is 0 Å². The first kappa shape index (κ1) is 19.4. The Balaban J connectivity index is 2.49. The molecule has 1 heterocycles. The van der Waals surface area contributed by atoms with Crippen LogP contribution in [0.15, 0.2) is 25.3 Å². The lowest BCUT2D eigenvalue weighted by atomic mass is 10.1. The second-order valence-corrected chi connectivity index (χ2v) is 5.83. The minimum absolute atomic E-state index is 0.0253. The first-order valence-electron chi connectivity index (χ1n) is 8.32. The zero-order valence-electron chi connectivity index (χ0n) is 14.2. The Kier molecular flexibility index (Phi) is 9.24. The van der Waals surface area contributed by atoms with Crippen molar-refractivity contribution >= 4 is 11.8 Å². The summed E-state index contributed by atoms with van der Waals surface area (Å²) in [5, 5.41) is 5.63. The zero-order chi connectivity index (χ0) is 17.1. The van der Waals surface area contributed by atoms with Gasteiger partial charge in [-0.15, -0.1) is 13.2 Å². The highest BCUT2D eigenvalue weighted by Crippen LogP contribution is 2.14. The second kappa shape index (κ2) is 11.0. The lowest BCUT2D eigenvalue weighted by molar-refractivity contribution is -0.125. The molecule has 0 bridgehead atoms. The van der Waals surface area contributed by atoms with Gasteiger partial charge in [0.1, 0.15) is 0 Å². The Morgan fingerprint density at radius 3 is 2.26 bits per heavy atom. The lowest BCUT2D eigenvalue weighted by Gasteiger charge is -2.40. The van der Waals surface area contributed by atoms with Crippen LogP contribution in [0.3, 0.4) is 0 Å². The molecule has 0 aliphatic carbocycles. The van der Waals surface area contributed by atoms with Crippen molar-refractivity contribution in [2.24, 2.45) is 0 Å². The minimum atomic E-state index is 0.0253. The third-order valence-corrected chi connectivity index (χ3v) is 3.91. The quantitative estimate of drug-likeness (QED) is 0.571. The molecule has 2 N–H and O–H groups in total. The molecule has 2 amide bonds. The predicted octanol–water partition coefficient (Wildman–Crippen LogP) is 0.377. The molecule has 1 rings (SSSR count). The van der Waals surface area contributed by atoms with Gasteiger partial charge in [-0.05, 0) is 6.42 Å². The van der Waals surface area contributed by atoms with Crippen LogP contribution in [-0.2, 0) is 9.59 Å². The van der Waals surface area contributed by atoms with E-state index in [0.29, 0.717) is 32.2 Å². The summed E-state index contributed by atoms with van der Waals surface area (Å²) in [5.41, 5.74) is 0. The second-order valence-electron chi connectivity index (χ2n) is 5.83. The van der Waals surface area contributed by atoms with Crippen LogP contribution in [0.25, 0.3) is 0 Å². The van der Waals surface area contributed by atoms with E-state index >= 15 is 0 Å². The molecular weight excluding hydrogens is 292 g/mol. The van der Waals surface area contributed by atoms with Gasteiger partial charge in [-0.3, -0.25) is 19.4 Å². The SMILES string of the molecule is C=CCNC(=O)CN1CCN(CC(=O)NCC=C)[C@@H](CCC)C1. The number of hydrogen-bond acceptors (Lipinski definition) is 4. The van der Waals surface area contributed by atoms with Gasteiger partial charge in [0.15, 0.2) is 0 Å². The molecule has 1 aliphatic rings. The molecule has 1 aliphatic heterocycles. The fourth-order valence-corrected chi connectivity index (χ4v) is 2.79. The fourth-order valence-electron chi connectivity index (χ4n) is 2.79. The third kappa shape index (κ3) is 7.43. The highest BCUT2D eigenvalue weighted by molar-refractivity contribution is 5.78. The van der Waals surface area contributed by atoms with E-state index in [-0.39, 0.29) is 11.8 Å². The van der Waals surface area contributed by atoms with E-state index in [1.807, 2.05) is 0 Å². The van der Waals surface area contributed by atoms with Crippen LogP contribution < -0.4 is 10.6 Å². The van der Waals surface area contributed by atoms with Crippen molar-refractivity contribution in [3.05, 3.63) is 25.3 Å². The summed E-state index contributed by atoms with van der Waals surface area (Å²) in [7, 11) is 0. The molecule has 0 aromatic carbocycles. The van der Waals surface area contributed by atoms with Crippen molar-refractivity contribution in [2.75, 3.05) is 45.8 Å². The molecule has 1 fully saturated rings. The summed E-state index contributed by atoms with van der Waals surface area (Å²) in [6.07, 6.45) is 5.45. The maximum Gasteiger partial charge on any atom is 0.234 e. The average molecular weight is 322 g/mol. The summed E-state index contributed by atoms with van der Waals surface area (Å²) >= 11 is 0. The van der Waals surface area contributed by atoms with Crippen LogP contribution in [0.1, 0.15) is 19.8 Å². The Hall–Kier alpha value is -1.66. The predicted molar refractivity (Wildman–Crippen MR) is 93.1 cm³/mol. The maximum absolute atomic E-state index is 11.9. The highest BCUT2D eigenvalue weighted by Gasteiger charge is 2.28. The maximum atomic E-state index is 11.9. The van der Waals surface area contributed by atoms with Gasteiger partial charge in [-0.2, -0.15) is 0 Å². The van der Waals surface area contributed by atoms with Crippen LogP contribution in [-0.4, -0.2) is 73.5 Å². The van der Waals surface area contributed by atoms with E-state index in [1.165, 1.54) is 0 Å². The smallest absolute Gasteiger partial charge is 0.234 e. The van der Waals surface area contributed by atoms with Crippen molar-refractivity contribution in [1.29, 1.82) is 0 Å². The minimum Gasteiger partial charge on any atom is -0.352 e. The zero-order valence-corrected chi connectivity index (χ0v) is 14.2. The Morgan fingerprint density at radius 1 is 1.09 bits per heavy atom. The molecule has 0 aromatic rings. The molecule has 23 heavy (non-hydrogen) atoms. The summed E-state index contributed by atoms with van der Waals surface area (Å²) in [5.74, 6) is 0.0560. The molecule has 6 heteroatoms. The van der Waals surface area contributed by atoms with Gasteiger partial charge in [0.25, 0.3) is 0 Å². The number of nitrogens with one attached hydrogen (secondary N) is 2. The number of amides is 2. The van der Waals surface area contributed by atoms with Crippen molar-refractivity contribution in [3.8, 4) is 0 Å².